The van der Waals surface area contributed by atoms with E-state index in [0.29, 0.717) is 12.5 Å². The van der Waals surface area contributed by atoms with Crippen molar-refractivity contribution >= 4 is 23.2 Å². The van der Waals surface area contributed by atoms with Crippen LogP contribution in [0.2, 0.25) is 0 Å². The van der Waals surface area contributed by atoms with Crippen molar-refractivity contribution in [3.8, 4) is 0 Å². The van der Waals surface area contributed by atoms with Crippen LogP contribution in [0.15, 0.2) is 35.7 Å². The van der Waals surface area contributed by atoms with Crippen LogP contribution in [-0.2, 0) is 16.0 Å². The third kappa shape index (κ3) is 4.94. The summed E-state index contributed by atoms with van der Waals surface area (Å²) in [6.07, 6.45) is 7.76. The molecule has 2 aliphatic rings. The molecule has 4 nitrogen and oxygen atoms in total. The molecule has 1 saturated carbocycles. The molecule has 0 bridgehead atoms. The SMILES string of the molecule is Cc1cccc(C2c3ccsc3CCN2C(=O)CCC(=O)NCC2CCCCC2)c1. The predicted molar refractivity (Wildman–Crippen MR) is 122 cm³/mol. The number of carbonyl (C=O) groups excluding carboxylic acids is 2. The molecule has 1 aromatic carbocycles. The number of nitrogens with zero attached hydrogens (tertiary/aromatic N) is 1. The molecule has 1 aromatic heterocycles. The topological polar surface area (TPSA) is 49.4 Å². The number of rotatable bonds is 6. The summed E-state index contributed by atoms with van der Waals surface area (Å²) in [4.78, 5) is 28.9. The minimum Gasteiger partial charge on any atom is -0.356 e. The lowest BCUT2D eigenvalue weighted by Gasteiger charge is -2.36. The molecule has 1 unspecified atom stereocenters. The first-order valence-corrected chi connectivity index (χ1v) is 12.2. The average Bonchev–Trinajstić information content (AvgIpc) is 3.25. The molecule has 0 saturated heterocycles. The number of amides is 2. The Morgan fingerprint density at radius 3 is 2.77 bits per heavy atom. The zero-order chi connectivity index (χ0) is 20.9. The molecule has 5 heteroatoms. The predicted octanol–water partition coefficient (Wildman–Crippen LogP) is 5.01. The molecule has 0 radical (unpaired) electrons. The van der Waals surface area contributed by atoms with Gasteiger partial charge in [-0.3, -0.25) is 9.59 Å². The third-order valence-corrected chi connectivity index (χ3v) is 7.52. The molecule has 4 rings (SSSR count). The zero-order valence-corrected chi connectivity index (χ0v) is 18.7. The quantitative estimate of drug-likeness (QED) is 0.709. The van der Waals surface area contributed by atoms with Crippen LogP contribution < -0.4 is 5.32 Å². The molecule has 1 N–H and O–H groups in total. The Morgan fingerprint density at radius 1 is 1.13 bits per heavy atom. The highest BCUT2D eigenvalue weighted by atomic mass is 32.1. The fraction of sp³-hybridized carbons (Fsp3) is 0.520. The van der Waals surface area contributed by atoms with Gasteiger partial charge in [-0.25, -0.2) is 0 Å². The maximum atomic E-state index is 13.2. The Morgan fingerprint density at radius 2 is 1.97 bits per heavy atom. The summed E-state index contributed by atoms with van der Waals surface area (Å²) < 4.78 is 0. The molecule has 1 atom stereocenters. The normalized spacial score (nSPS) is 19.4. The van der Waals surface area contributed by atoms with Crippen molar-refractivity contribution in [1.82, 2.24) is 10.2 Å². The van der Waals surface area contributed by atoms with E-state index in [4.69, 9.17) is 0 Å². The lowest BCUT2D eigenvalue weighted by molar-refractivity contribution is -0.135. The minimum atomic E-state index is -0.0438. The maximum Gasteiger partial charge on any atom is 0.223 e. The molecule has 2 aromatic rings. The van der Waals surface area contributed by atoms with E-state index in [0.717, 1.165) is 18.5 Å². The summed E-state index contributed by atoms with van der Waals surface area (Å²) in [5.41, 5.74) is 3.60. The summed E-state index contributed by atoms with van der Waals surface area (Å²) in [6, 6.07) is 10.5. The fourth-order valence-corrected chi connectivity index (χ4v) is 5.79. The Labute approximate surface area is 183 Å². The second kappa shape index (κ2) is 9.78. The number of benzene rings is 1. The van der Waals surface area contributed by atoms with Gasteiger partial charge in [0.1, 0.15) is 0 Å². The van der Waals surface area contributed by atoms with E-state index in [9.17, 15) is 9.59 Å². The van der Waals surface area contributed by atoms with Gasteiger partial charge >= 0.3 is 0 Å². The van der Waals surface area contributed by atoms with Crippen LogP contribution >= 0.6 is 11.3 Å². The highest BCUT2D eigenvalue weighted by molar-refractivity contribution is 7.10. The molecule has 0 spiro atoms. The van der Waals surface area contributed by atoms with Gasteiger partial charge in [-0.2, -0.15) is 0 Å². The number of aryl methyl sites for hydroxylation is 1. The second-order valence-electron chi connectivity index (χ2n) is 8.76. The first-order chi connectivity index (χ1) is 14.6. The van der Waals surface area contributed by atoms with Crippen molar-refractivity contribution in [2.24, 2.45) is 5.92 Å². The van der Waals surface area contributed by atoms with E-state index in [-0.39, 0.29) is 30.7 Å². The molecule has 1 aliphatic heterocycles. The van der Waals surface area contributed by atoms with E-state index in [1.165, 1.54) is 48.1 Å². The lowest BCUT2D eigenvalue weighted by Crippen LogP contribution is -2.40. The van der Waals surface area contributed by atoms with Crippen molar-refractivity contribution < 1.29 is 9.59 Å². The highest BCUT2D eigenvalue weighted by Gasteiger charge is 2.32. The number of carbonyl (C=O) groups is 2. The van der Waals surface area contributed by atoms with Gasteiger partial charge in [-0.15, -0.1) is 11.3 Å². The summed E-state index contributed by atoms with van der Waals surface area (Å²) in [6.45, 7) is 3.57. The summed E-state index contributed by atoms with van der Waals surface area (Å²) in [5.74, 6) is 0.698. The third-order valence-electron chi connectivity index (χ3n) is 6.52. The lowest BCUT2D eigenvalue weighted by atomic mass is 9.89. The summed E-state index contributed by atoms with van der Waals surface area (Å²) >= 11 is 1.78. The molecule has 160 valence electrons. The monoisotopic (exact) mass is 424 g/mol. The molecule has 2 amide bonds. The fourth-order valence-electron chi connectivity index (χ4n) is 4.89. The van der Waals surface area contributed by atoms with Gasteiger partial charge in [0.05, 0.1) is 6.04 Å². The van der Waals surface area contributed by atoms with Crippen LogP contribution in [0.25, 0.3) is 0 Å². The molecule has 1 fully saturated rings. The second-order valence-corrected chi connectivity index (χ2v) is 9.76. The van der Waals surface area contributed by atoms with E-state index in [2.05, 4.69) is 48.0 Å². The Hall–Kier alpha value is -2.14. The number of thiophene rings is 1. The first-order valence-electron chi connectivity index (χ1n) is 11.3. The van der Waals surface area contributed by atoms with Gasteiger partial charge in [0.25, 0.3) is 0 Å². The smallest absolute Gasteiger partial charge is 0.223 e. The molecule has 30 heavy (non-hydrogen) atoms. The first kappa shape index (κ1) is 21.1. The van der Waals surface area contributed by atoms with Gasteiger partial charge in [0, 0.05) is 30.8 Å². The van der Waals surface area contributed by atoms with Gasteiger partial charge in [0.15, 0.2) is 0 Å². The Balaban J connectivity index is 1.39. The van der Waals surface area contributed by atoms with Crippen molar-refractivity contribution in [3.63, 3.8) is 0 Å². The highest BCUT2D eigenvalue weighted by Crippen LogP contribution is 2.38. The molecular formula is C25H32N2O2S. The average molecular weight is 425 g/mol. The van der Waals surface area contributed by atoms with E-state index in [1.807, 2.05) is 4.90 Å². The van der Waals surface area contributed by atoms with Crippen LogP contribution in [0.4, 0.5) is 0 Å². The van der Waals surface area contributed by atoms with Gasteiger partial charge in [0.2, 0.25) is 11.8 Å². The van der Waals surface area contributed by atoms with E-state index >= 15 is 0 Å². The van der Waals surface area contributed by atoms with Crippen molar-refractivity contribution in [2.75, 3.05) is 13.1 Å². The largest absolute Gasteiger partial charge is 0.356 e. The zero-order valence-electron chi connectivity index (χ0n) is 17.9. The number of hydrogen-bond acceptors (Lipinski definition) is 3. The van der Waals surface area contributed by atoms with E-state index < -0.39 is 0 Å². The number of fused-ring (bicyclic) bond motifs is 1. The van der Waals surface area contributed by atoms with E-state index in [1.54, 1.807) is 11.3 Å². The Kier molecular flexibility index (Phi) is 6.88. The van der Waals surface area contributed by atoms with Crippen LogP contribution in [0.5, 0.6) is 0 Å². The van der Waals surface area contributed by atoms with Crippen LogP contribution in [0.3, 0.4) is 0 Å². The van der Waals surface area contributed by atoms with Gasteiger partial charge in [-0.05, 0) is 54.7 Å². The van der Waals surface area contributed by atoms with Crippen molar-refractivity contribution in [2.45, 2.75) is 64.3 Å². The molecular weight excluding hydrogens is 392 g/mol. The summed E-state index contributed by atoms with van der Waals surface area (Å²) in [5, 5.41) is 5.19. The maximum absolute atomic E-state index is 13.2. The van der Waals surface area contributed by atoms with Crippen molar-refractivity contribution in [1.29, 1.82) is 0 Å². The van der Waals surface area contributed by atoms with Gasteiger partial charge < -0.3 is 10.2 Å². The molecule has 2 heterocycles. The van der Waals surface area contributed by atoms with Crippen LogP contribution in [0, 0.1) is 12.8 Å². The minimum absolute atomic E-state index is 0.00857. The van der Waals surface area contributed by atoms with Gasteiger partial charge in [-0.1, -0.05) is 49.1 Å². The Bertz CT molecular complexity index is 885. The van der Waals surface area contributed by atoms with Crippen LogP contribution in [-0.4, -0.2) is 29.8 Å². The standard InChI is InChI=1S/C25H32N2O2S/c1-18-6-5-9-20(16-18)25-21-13-15-30-22(21)12-14-27(25)24(29)11-10-23(28)26-17-19-7-3-2-4-8-19/h5-6,9,13,15-16,19,25H,2-4,7-8,10-12,14,17H2,1H3,(H,26,28). The van der Waals surface area contributed by atoms with Crippen LogP contribution in [0.1, 0.15) is 72.6 Å². The number of hydrogen-bond donors (Lipinski definition) is 1. The van der Waals surface area contributed by atoms with Crippen molar-refractivity contribution in [3.05, 3.63) is 57.3 Å². The molecule has 1 aliphatic carbocycles. The number of nitrogens with one attached hydrogen (secondary N) is 1. The summed E-state index contributed by atoms with van der Waals surface area (Å²) in [7, 11) is 0.